The predicted molar refractivity (Wildman–Crippen MR) is 111 cm³/mol. The summed E-state index contributed by atoms with van der Waals surface area (Å²) in [7, 11) is 4.39. The molecule has 176 valence electrons. The SMILES string of the molecule is COc1cc(NC(=O)CSc2nnnn2-c2ccc(OC(F)(F)F)cc2)cc(OC)c1OC. The molecule has 1 aromatic heterocycles. The molecule has 1 heterocycles. The summed E-state index contributed by atoms with van der Waals surface area (Å²) in [4.78, 5) is 12.4. The molecule has 0 unspecified atom stereocenters. The number of tetrazole rings is 1. The van der Waals surface area contributed by atoms with E-state index in [-0.39, 0.29) is 22.6 Å². The highest BCUT2D eigenvalue weighted by molar-refractivity contribution is 7.99. The van der Waals surface area contributed by atoms with Gasteiger partial charge in [-0.15, -0.1) is 18.3 Å². The molecule has 0 fully saturated rings. The van der Waals surface area contributed by atoms with E-state index < -0.39 is 6.36 Å². The first-order valence-electron chi connectivity index (χ1n) is 9.11. The van der Waals surface area contributed by atoms with Crippen molar-refractivity contribution in [2.45, 2.75) is 11.5 Å². The van der Waals surface area contributed by atoms with Crippen molar-refractivity contribution in [3.8, 4) is 28.7 Å². The summed E-state index contributed by atoms with van der Waals surface area (Å²) in [6, 6.07) is 8.15. The summed E-state index contributed by atoms with van der Waals surface area (Å²) < 4.78 is 57.8. The Morgan fingerprint density at radius 1 is 1.06 bits per heavy atom. The van der Waals surface area contributed by atoms with Gasteiger partial charge in [0.2, 0.25) is 16.8 Å². The van der Waals surface area contributed by atoms with Crippen LogP contribution in [0.5, 0.6) is 23.0 Å². The van der Waals surface area contributed by atoms with Crippen molar-refractivity contribution in [3.05, 3.63) is 36.4 Å². The lowest BCUT2D eigenvalue weighted by Gasteiger charge is -2.14. The number of ether oxygens (including phenoxy) is 4. The number of carbonyl (C=O) groups excluding carboxylic acids is 1. The lowest BCUT2D eigenvalue weighted by Crippen LogP contribution is -2.17. The number of methoxy groups -OCH3 is 3. The van der Waals surface area contributed by atoms with E-state index in [2.05, 4.69) is 25.6 Å². The molecule has 1 amide bonds. The van der Waals surface area contributed by atoms with Gasteiger partial charge >= 0.3 is 6.36 Å². The number of aromatic nitrogens is 4. The molecule has 0 aliphatic carbocycles. The largest absolute Gasteiger partial charge is 0.573 e. The smallest absolute Gasteiger partial charge is 0.493 e. The van der Waals surface area contributed by atoms with E-state index in [0.717, 1.165) is 23.9 Å². The minimum Gasteiger partial charge on any atom is -0.493 e. The number of alkyl halides is 3. The number of nitrogens with zero attached hydrogens (tertiary/aromatic N) is 4. The number of hydrogen-bond donors (Lipinski definition) is 1. The summed E-state index contributed by atoms with van der Waals surface area (Å²) in [5.74, 6) is 0.351. The summed E-state index contributed by atoms with van der Waals surface area (Å²) in [5.41, 5.74) is 0.817. The third-order valence-corrected chi connectivity index (χ3v) is 4.96. The number of hydrogen-bond acceptors (Lipinski definition) is 9. The number of thioether (sulfide) groups is 1. The first-order chi connectivity index (χ1) is 15.7. The molecule has 0 saturated carbocycles. The number of halogens is 3. The Bertz CT molecular complexity index is 1080. The Morgan fingerprint density at radius 3 is 2.24 bits per heavy atom. The summed E-state index contributed by atoms with van der Waals surface area (Å²) in [5, 5.41) is 14.2. The highest BCUT2D eigenvalue weighted by Crippen LogP contribution is 2.40. The molecular weight excluding hydrogens is 467 g/mol. The molecule has 0 bridgehead atoms. The average molecular weight is 485 g/mol. The van der Waals surface area contributed by atoms with Crippen molar-refractivity contribution in [3.63, 3.8) is 0 Å². The summed E-state index contributed by atoms with van der Waals surface area (Å²) in [6.45, 7) is 0. The van der Waals surface area contributed by atoms with Crippen molar-refractivity contribution >= 4 is 23.4 Å². The molecule has 0 aliphatic rings. The lowest BCUT2D eigenvalue weighted by atomic mass is 10.2. The molecule has 0 aliphatic heterocycles. The standard InChI is InChI=1S/C19H18F3N5O5S/c1-29-14-8-11(9-15(30-2)17(14)31-3)23-16(28)10-33-18-24-25-26-27(18)12-4-6-13(7-5-12)32-19(20,21)22/h4-9H,10H2,1-3H3,(H,23,28). The van der Waals surface area contributed by atoms with Crippen LogP contribution < -0.4 is 24.3 Å². The molecule has 0 radical (unpaired) electrons. The second kappa shape index (κ2) is 10.3. The van der Waals surface area contributed by atoms with Crippen LogP contribution in [0.4, 0.5) is 18.9 Å². The summed E-state index contributed by atoms with van der Waals surface area (Å²) in [6.07, 6.45) is -4.79. The van der Waals surface area contributed by atoms with Gasteiger partial charge in [0.05, 0.1) is 32.8 Å². The highest BCUT2D eigenvalue weighted by atomic mass is 32.2. The third kappa shape index (κ3) is 6.19. The number of nitrogens with one attached hydrogen (secondary N) is 1. The number of carbonyl (C=O) groups is 1. The van der Waals surface area contributed by atoms with Gasteiger partial charge in [-0.1, -0.05) is 11.8 Å². The molecule has 3 aromatic rings. The second-order valence-corrected chi connectivity index (χ2v) is 7.11. The van der Waals surface area contributed by atoms with Crippen LogP contribution in [0.25, 0.3) is 5.69 Å². The van der Waals surface area contributed by atoms with Gasteiger partial charge in [-0.25, -0.2) is 0 Å². The highest BCUT2D eigenvalue weighted by Gasteiger charge is 2.31. The van der Waals surface area contributed by atoms with Crippen molar-refractivity contribution in [2.75, 3.05) is 32.4 Å². The third-order valence-electron chi connectivity index (χ3n) is 4.04. The van der Waals surface area contributed by atoms with E-state index in [4.69, 9.17) is 14.2 Å². The van der Waals surface area contributed by atoms with Crippen LogP contribution in [0.15, 0.2) is 41.6 Å². The number of amides is 1. The van der Waals surface area contributed by atoms with Crippen molar-refractivity contribution in [2.24, 2.45) is 0 Å². The van der Waals surface area contributed by atoms with Gasteiger partial charge in [0, 0.05) is 17.8 Å². The zero-order valence-corrected chi connectivity index (χ0v) is 18.4. The van der Waals surface area contributed by atoms with Gasteiger partial charge in [0.25, 0.3) is 0 Å². The zero-order valence-electron chi connectivity index (χ0n) is 17.5. The molecule has 33 heavy (non-hydrogen) atoms. The zero-order chi connectivity index (χ0) is 24.0. The van der Waals surface area contributed by atoms with Crippen LogP contribution in [0.1, 0.15) is 0 Å². The summed E-state index contributed by atoms with van der Waals surface area (Å²) >= 11 is 1.03. The molecule has 0 spiro atoms. The Kier molecular flexibility index (Phi) is 7.48. The number of benzene rings is 2. The maximum absolute atomic E-state index is 12.4. The average Bonchev–Trinajstić information content (AvgIpc) is 3.25. The first kappa shape index (κ1) is 24.0. The van der Waals surface area contributed by atoms with Crippen LogP contribution in [-0.2, 0) is 4.79 Å². The van der Waals surface area contributed by atoms with Crippen molar-refractivity contribution < 1.29 is 36.9 Å². The van der Waals surface area contributed by atoms with Gasteiger partial charge in [0.1, 0.15) is 5.75 Å². The molecule has 2 aromatic carbocycles. The topological polar surface area (TPSA) is 110 Å². The fraction of sp³-hybridized carbons (Fsp3) is 0.263. The number of rotatable bonds is 9. The van der Waals surface area contributed by atoms with Gasteiger partial charge < -0.3 is 24.3 Å². The van der Waals surface area contributed by atoms with E-state index >= 15 is 0 Å². The van der Waals surface area contributed by atoms with Crippen LogP contribution in [0, 0.1) is 0 Å². The Labute approximate surface area is 190 Å². The minimum absolute atomic E-state index is 0.0493. The normalized spacial score (nSPS) is 11.1. The van der Waals surface area contributed by atoms with Crippen LogP contribution in [0.2, 0.25) is 0 Å². The minimum atomic E-state index is -4.79. The van der Waals surface area contributed by atoms with Gasteiger partial charge in [-0.05, 0) is 34.7 Å². The lowest BCUT2D eigenvalue weighted by molar-refractivity contribution is -0.274. The molecule has 3 rings (SSSR count). The van der Waals surface area contributed by atoms with E-state index in [0.29, 0.717) is 28.6 Å². The Balaban J connectivity index is 1.66. The molecule has 0 saturated heterocycles. The fourth-order valence-corrected chi connectivity index (χ4v) is 3.39. The molecule has 14 heteroatoms. The van der Waals surface area contributed by atoms with E-state index in [1.165, 1.54) is 38.1 Å². The molecular formula is C19H18F3N5O5S. The van der Waals surface area contributed by atoms with Gasteiger partial charge in [-0.2, -0.15) is 4.68 Å². The van der Waals surface area contributed by atoms with Crippen LogP contribution in [0.3, 0.4) is 0 Å². The first-order valence-corrected chi connectivity index (χ1v) is 10.1. The monoisotopic (exact) mass is 485 g/mol. The molecule has 1 N–H and O–H groups in total. The van der Waals surface area contributed by atoms with Gasteiger partial charge in [-0.3, -0.25) is 4.79 Å². The van der Waals surface area contributed by atoms with Gasteiger partial charge in [0.15, 0.2) is 11.5 Å². The fourth-order valence-electron chi connectivity index (χ4n) is 2.70. The van der Waals surface area contributed by atoms with Crippen LogP contribution >= 0.6 is 11.8 Å². The maximum atomic E-state index is 12.4. The Hall–Kier alpha value is -3.68. The van der Waals surface area contributed by atoms with Crippen LogP contribution in [-0.4, -0.2) is 59.6 Å². The molecule has 10 nitrogen and oxygen atoms in total. The maximum Gasteiger partial charge on any atom is 0.573 e. The molecule has 0 atom stereocenters. The second-order valence-electron chi connectivity index (χ2n) is 6.17. The van der Waals surface area contributed by atoms with E-state index in [1.807, 2.05) is 0 Å². The quantitative estimate of drug-likeness (QED) is 0.457. The predicted octanol–water partition coefficient (Wildman–Crippen LogP) is 3.32. The van der Waals surface area contributed by atoms with Crippen molar-refractivity contribution in [1.82, 2.24) is 20.2 Å². The van der Waals surface area contributed by atoms with E-state index in [1.54, 1.807) is 12.1 Å². The number of anilines is 1. The van der Waals surface area contributed by atoms with Crippen molar-refractivity contribution in [1.29, 1.82) is 0 Å². The van der Waals surface area contributed by atoms with E-state index in [9.17, 15) is 18.0 Å². The Morgan fingerprint density at radius 2 is 1.70 bits per heavy atom.